The number of aromatic nitrogens is 1. The maximum Gasteiger partial charge on any atom is 0.387 e. The number of aryl methyl sites for hydroxylation is 1. The average molecular weight is 526 g/mol. The van der Waals surface area contributed by atoms with Crippen molar-refractivity contribution in [1.82, 2.24) is 15.6 Å². The fraction of sp³-hybridized carbons (Fsp3) is 0.444. The summed E-state index contributed by atoms with van der Waals surface area (Å²) in [6.07, 6.45) is 0.771. The zero-order chi connectivity index (χ0) is 19.6. The Balaban J connectivity index is 0.00000392. The largest absolute Gasteiger partial charge is 0.497 e. The average Bonchev–Trinajstić information content (AvgIpc) is 3.05. The third kappa shape index (κ3) is 8.13. The minimum Gasteiger partial charge on any atom is -0.497 e. The van der Waals surface area contributed by atoms with Crippen molar-refractivity contribution >= 4 is 41.3 Å². The molecule has 6 nitrogen and oxygen atoms in total. The van der Waals surface area contributed by atoms with Crippen LogP contribution in [0.25, 0.3) is 0 Å². The number of rotatable bonds is 9. The van der Waals surface area contributed by atoms with E-state index in [1.54, 1.807) is 23.5 Å². The molecule has 0 fully saturated rings. The lowest BCUT2D eigenvalue weighted by atomic mass is 10.2. The van der Waals surface area contributed by atoms with Gasteiger partial charge in [0.25, 0.3) is 0 Å². The zero-order valence-electron chi connectivity index (χ0n) is 16.0. The molecule has 0 unspecified atom stereocenters. The topological polar surface area (TPSA) is 67.8 Å². The van der Waals surface area contributed by atoms with Crippen molar-refractivity contribution in [2.24, 2.45) is 4.99 Å². The summed E-state index contributed by atoms with van der Waals surface area (Å²) >= 11 is 1.62. The number of thiazole rings is 1. The molecule has 0 aliphatic heterocycles. The molecule has 0 aliphatic carbocycles. The van der Waals surface area contributed by atoms with Gasteiger partial charge in [-0.05, 0) is 32.0 Å². The van der Waals surface area contributed by atoms with Gasteiger partial charge in [-0.2, -0.15) is 8.78 Å². The third-order valence-electron chi connectivity index (χ3n) is 3.58. The summed E-state index contributed by atoms with van der Waals surface area (Å²) in [4.78, 5) is 8.88. The number of halogens is 3. The Bertz CT molecular complexity index is 759. The Morgan fingerprint density at radius 1 is 1.32 bits per heavy atom. The van der Waals surface area contributed by atoms with Gasteiger partial charge in [0.05, 0.1) is 24.4 Å². The molecule has 2 rings (SSSR count). The number of alkyl halides is 2. The summed E-state index contributed by atoms with van der Waals surface area (Å²) < 4.78 is 35.0. The zero-order valence-corrected chi connectivity index (χ0v) is 19.1. The van der Waals surface area contributed by atoms with Gasteiger partial charge >= 0.3 is 6.61 Å². The Hall–Kier alpha value is -1.69. The Morgan fingerprint density at radius 2 is 2.11 bits per heavy atom. The van der Waals surface area contributed by atoms with E-state index >= 15 is 0 Å². The number of guanidine groups is 1. The molecular weight excluding hydrogens is 501 g/mol. The van der Waals surface area contributed by atoms with Crippen LogP contribution < -0.4 is 20.1 Å². The smallest absolute Gasteiger partial charge is 0.387 e. The summed E-state index contributed by atoms with van der Waals surface area (Å²) in [5, 5.41) is 9.43. The Morgan fingerprint density at radius 3 is 2.71 bits per heavy atom. The summed E-state index contributed by atoms with van der Waals surface area (Å²) in [6.45, 7) is 2.55. The maximum absolute atomic E-state index is 12.6. The molecular formula is C18H25F2IN4O2S. The van der Waals surface area contributed by atoms with Crippen LogP contribution in [0.2, 0.25) is 0 Å². The fourth-order valence-electron chi connectivity index (χ4n) is 2.36. The molecule has 2 N–H and O–H groups in total. The van der Waals surface area contributed by atoms with E-state index in [1.165, 1.54) is 13.2 Å². The van der Waals surface area contributed by atoms with E-state index in [4.69, 9.17) is 4.74 Å². The molecule has 2 aromatic rings. The van der Waals surface area contributed by atoms with E-state index in [0.29, 0.717) is 30.4 Å². The fourth-order valence-corrected chi connectivity index (χ4v) is 3.00. The first kappa shape index (κ1) is 24.3. The molecule has 1 aromatic carbocycles. The molecule has 28 heavy (non-hydrogen) atoms. The molecule has 0 saturated heterocycles. The molecule has 0 bridgehead atoms. The van der Waals surface area contributed by atoms with E-state index < -0.39 is 6.61 Å². The quantitative estimate of drug-likeness (QED) is 0.294. The van der Waals surface area contributed by atoms with Gasteiger partial charge in [-0.15, -0.1) is 35.3 Å². The number of hydrogen-bond acceptors (Lipinski definition) is 5. The van der Waals surface area contributed by atoms with Gasteiger partial charge in [-0.1, -0.05) is 0 Å². The number of nitrogens with zero attached hydrogens (tertiary/aromatic N) is 2. The van der Waals surface area contributed by atoms with Crippen molar-refractivity contribution in [2.45, 2.75) is 33.4 Å². The molecule has 0 amide bonds. The van der Waals surface area contributed by atoms with Crippen molar-refractivity contribution in [2.75, 3.05) is 20.2 Å². The first-order chi connectivity index (χ1) is 13.0. The van der Waals surface area contributed by atoms with Gasteiger partial charge in [0.15, 0.2) is 5.96 Å². The second-order valence-corrected chi connectivity index (χ2v) is 6.64. The Labute approximate surface area is 184 Å². The lowest BCUT2D eigenvalue weighted by Gasteiger charge is -2.13. The molecule has 1 aromatic heterocycles. The van der Waals surface area contributed by atoms with E-state index in [-0.39, 0.29) is 36.3 Å². The minimum atomic E-state index is -2.89. The summed E-state index contributed by atoms with van der Waals surface area (Å²) in [7, 11) is 1.52. The van der Waals surface area contributed by atoms with Crippen LogP contribution in [0.5, 0.6) is 11.5 Å². The van der Waals surface area contributed by atoms with Crippen molar-refractivity contribution in [3.05, 3.63) is 39.8 Å². The van der Waals surface area contributed by atoms with Gasteiger partial charge in [0.2, 0.25) is 0 Å². The number of benzene rings is 1. The van der Waals surface area contributed by atoms with E-state index in [0.717, 1.165) is 17.1 Å². The summed E-state index contributed by atoms with van der Waals surface area (Å²) in [5.74, 6) is 1.23. The van der Waals surface area contributed by atoms with Gasteiger partial charge in [0, 0.05) is 30.5 Å². The van der Waals surface area contributed by atoms with Crippen molar-refractivity contribution in [1.29, 1.82) is 0 Å². The molecule has 0 aliphatic rings. The molecule has 0 radical (unpaired) electrons. The Kier molecular flexibility index (Phi) is 11.0. The van der Waals surface area contributed by atoms with Gasteiger partial charge in [-0.3, -0.25) is 0 Å². The number of aliphatic imine (C=N–C) groups is 1. The second-order valence-electron chi connectivity index (χ2n) is 5.58. The first-order valence-electron chi connectivity index (χ1n) is 8.56. The van der Waals surface area contributed by atoms with Crippen LogP contribution in [0.15, 0.2) is 28.6 Å². The number of hydrogen-bond donors (Lipinski definition) is 2. The van der Waals surface area contributed by atoms with Gasteiger partial charge < -0.3 is 20.1 Å². The molecule has 0 atom stereocenters. The van der Waals surface area contributed by atoms with Crippen LogP contribution in [-0.4, -0.2) is 37.8 Å². The molecule has 1 heterocycles. The maximum atomic E-state index is 12.6. The third-order valence-corrected chi connectivity index (χ3v) is 4.40. The van der Waals surface area contributed by atoms with Crippen LogP contribution in [0.1, 0.15) is 23.2 Å². The van der Waals surface area contributed by atoms with Crippen LogP contribution in [0.4, 0.5) is 8.78 Å². The second kappa shape index (κ2) is 12.7. The first-order valence-corrected chi connectivity index (χ1v) is 9.44. The van der Waals surface area contributed by atoms with Gasteiger partial charge in [-0.25, -0.2) is 9.98 Å². The highest BCUT2D eigenvalue weighted by molar-refractivity contribution is 14.0. The number of nitrogens with one attached hydrogen (secondary N) is 2. The highest BCUT2D eigenvalue weighted by Crippen LogP contribution is 2.26. The molecule has 10 heteroatoms. The number of methoxy groups -OCH3 is 1. The number of ether oxygens (including phenoxy) is 2. The van der Waals surface area contributed by atoms with E-state index in [1.807, 2.05) is 19.2 Å². The van der Waals surface area contributed by atoms with Crippen LogP contribution >= 0.6 is 35.3 Å². The van der Waals surface area contributed by atoms with Gasteiger partial charge in [0.1, 0.15) is 11.5 Å². The molecule has 0 saturated carbocycles. The minimum absolute atomic E-state index is 0. The SMILES string of the molecule is CCNC(=NCc1cc(OC)ccc1OC(F)F)NCCc1csc(C)n1.I. The monoisotopic (exact) mass is 526 g/mol. The van der Waals surface area contributed by atoms with Crippen LogP contribution in [-0.2, 0) is 13.0 Å². The van der Waals surface area contributed by atoms with Crippen LogP contribution in [0.3, 0.4) is 0 Å². The molecule has 156 valence electrons. The molecule has 0 spiro atoms. The summed E-state index contributed by atoms with van der Waals surface area (Å²) in [5.41, 5.74) is 1.54. The van der Waals surface area contributed by atoms with Crippen molar-refractivity contribution in [3.63, 3.8) is 0 Å². The van der Waals surface area contributed by atoms with Crippen molar-refractivity contribution < 1.29 is 18.3 Å². The lowest BCUT2D eigenvalue weighted by Crippen LogP contribution is -2.38. The normalized spacial score (nSPS) is 11.1. The lowest BCUT2D eigenvalue weighted by molar-refractivity contribution is -0.0504. The van der Waals surface area contributed by atoms with E-state index in [2.05, 4.69) is 25.3 Å². The standard InChI is InChI=1S/C18H24F2N4O2S.HI/c1-4-21-18(22-8-7-14-11-27-12(2)24-14)23-10-13-9-15(25-3)5-6-16(13)26-17(19)20;/h5-6,9,11,17H,4,7-8,10H2,1-3H3,(H2,21,22,23);1H. The van der Waals surface area contributed by atoms with E-state index in [9.17, 15) is 8.78 Å². The predicted molar refractivity (Wildman–Crippen MR) is 118 cm³/mol. The van der Waals surface area contributed by atoms with Crippen molar-refractivity contribution in [3.8, 4) is 11.5 Å². The summed E-state index contributed by atoms with van der Waals surface area (Å²) in [6, 6.07) is 4.67. The van der Waals surface area contributed by atoms with Crippen LogP contribution in [0, 0.1) is 6.92 Å². The predicted octanol–water partition coefficient (Wildman–Crippen LogP) is 3.98. The highest BCUT2D eigenvalue weighted by Gasteiger charge is 2.11. The highest BCUT2D eigenvalue weighted by atomic mass is 127.